The second-order valence-corrected chi connectivity index (χ2v) is 5.23. The van der Waals surface area contributed by atoms with Crippen molar-refractivity contribution in [1.82, 2.24) is 0 Å². The Bertz CT molecular complexity index is 656. The molecule has 0 aliphatic rings. The molecule has 0 bridgehead atoms. The number of nitrogens with one attached hydrogen (secondary N) is 1. The van der Waals surface area contributed by atoms with Crippen LogP contribution in [0.4, 0.5) is 5.69 Å². The summed E-state index contributed by atoms with van der Waals surface area (Å²) in [5, 5.41) is 21.8. The molecule has 2 aromatic rings. The number of amides is 1. The number of anilines is 1. The number of carbonyl (C=O) groups is 1. The van der Waals surface area contributed by atoms with Crippen molar-refractivity contribution < 1.29 is 15.0 Å². The Morgan fingerprint density at radius 3 is 2.65 bits per heavy atom. The first-order valence-electron chi connectivity index (χ1n) is 6.13. The van der Waals surface area contributed by atoms with Crippen LogP contribution >= 0.6 is 15.9 Å². The summed E-state index contributed by atoms with van der Waals surface area (Å²) in [5.74, 6) is -0.703. The summed E-state index contributed by atoms with van der Waals surface area (Å²) in [5.41, 5.74) is 1.70. The molecule has 0 fully saturated rings. The second-order valence-electron chi connectivity index (χ2n) is 4.31. The molecule has 0 heterocycles. The van der Waals surface area contributed by atoms with Gasteiger partial charge in [-0.3, -0.25) is 4.79 Å². The predicted molar refractivity (Wildman–Crippen MR) is 81.2 cm³/mol. The molecule has 0 aromatic heterocycles. The van der Waals surface area contributed by atoms with E-state index in [1.54, 1.807) is 6.07 Å². The summed E-state index contributed by atoms with van der Waals surface area (Å²) < 4.78 is 0.938. The van der Waals surface area contributed by atoms with Crippen LogP contribution in [-0.2, 0) is 6.42 Å². The molecule has 0 saturated carbocycles. The lowest BCUT2D eigenvalue weighted by Crippen LogP contribution is -2.13. The van der Waals surface area contributed by atoms with E-state index in [1.807, 2.05) is 19.1 Å². The Labute approximate surface area is 125 Å². The highest BCUT2D eigenvalue weighted by Crippen LogP contribution is 2.25. The second kappa shape index (κ2) is 5.96. The highest BCUT2D eigenvalue weighted by atomic mass is 79.9. The summed E-state index contributed by atoms with van der Waals surface area (Å²) in [7, 11) is 0. The Hall–Kier alpha value is -2.01. The first kappa shape index (κ1) is 14.4. The van der Waals surface area contributed by atoms with Crippen LogP contribution in [-0.4, -0.2) is 16.1 Å². The highest BCUT2D eigenvalue weighted by Gasteiger charge is 2.13. The molecule has 5 heteroatoms. The summed E-state index contributed by atoms with van der Waals surface area (Å²) in [4.78, 5) is 12.1. The molecule has 0 radical (unpaired) electrons. The number of benzene rings is 2. The van der Waals surface area contributed by atoms with Gasteiger partial charge in [0.15, 0.2) is 0 Å². The maximum Gasteiger partial charge on any atom is 0.259 e. The van der Waals surface area contributed by atoms with Gasteiger partial charge in [-0.05, 0) is 48.4 Å². The summed E-state index contributed by atoms with van der Waals surface area (Å²) in [6.45, 7) is 1.99. The minimum Gasteiger partial charge on any atom is -0.508 e. The van der Waals surface area contributed by atoms with E-state index in [1.165, 1.54) is 18.2 Å². The lowest BCUT2D eigenvalue weighted by Gasteiger charge is -2.11. The fourth-order valence-corrected chi connectivity index (χ4v) is 2.28. The maximum absolute atomic E-state index is 12.1. The topological polar surface area (TPSA) is 69.6 Å². The van der Waals surface area contributed by atoms with Crippen LogP contribution in [0.3, 0.4) is 0 Å². The lowest BCUT2D eigenvalue weighted by molar-refractivity contribution is 0.102. The molecule has 3 N–H and O–H groups in total. The first-order chi connectivity index (χ1) is 9.51. The average molecular weight is 336 g/mol. The van der Waals surface area contributed by atoms with Gasteiger partial charge < -0.3 is 15.5 Å². The Balaban J connectivity index is 2.30. The van der Waals surface area contributed by atoms with Gasteiger partial charge in [-0.2, -0.15) is 0 Å². The van der Waals surface area contributed by atoms with E-state index >= 15 is 0 Å². The maximum atomic E-state index is 12.1. The van der Waals surface area contributed by atoms with Crippen molar-refractivity contribution >= 4 is 27.5 Å². The zero-order valence-corrected chi connectivity index (χ0v) is 12.4. The molecule has 0 atom stereocenters. The van der Waals surface area contributed by atoms with E-state index in [0.29, 0.717) is 5.69 Å². The van der Waals surface area contributed by atoms with Crippen molar-refractivity contribution in [2.45, 2.75) is 13.3 Å². The SMILES string of the molecule is CCc1cc(Br)ccc1NC(=O)c1cc(O)ccc1O. The number of aromatic hydroxyl groups is 2. The zero-order chi connectivity index (χ0) is 14.7. The summed E-state index contributed by atoms with van der Waals surface area (Å²) in [6, 6.07) is 9.39. The van der Waals surface area contributed by atoms with Gasteiger partial charge in [0.1, 0.15) is 11.5 Å². The number of phenolic OH excluding ortho intramolecular Hbond substituents is 2. The van der Waals surface area contributed by atoms with Gasteiger partial charge in [0.05, 0.1) is 5.56 Å². The Morgan fingerprint density at radius 1 is 1.20 bits per heavy atom. The van der Waals surface area contributed by atoms with E-state index in [0.717, 1.165) is 16.5 Å². The van der Waals surface area contributed by atoms with Crippen molar-refractivity contribution in [3.05, 3.63) is 52.0 Å². The zero-order valence-electron chi connectivity index (χ0n) is 10.9. The van der Waals surface area contributed by atoms with Crippen molar-refractivity contribution in [2.24, 2.45) is 0 Å². The van der Waals surface area contributed by atoms with Crippen LogP contribution < -0.4 is 5.32 Å². The fraction of sp³-hybridized carbons (Fsp3) is 0.133. The third-order valence-corrected chi connectivity index (χ3v) is 3.41. The van der Waals surface area contributed by atoms with Crippen LogP contribution in [0.1, 0.15) is 22.8 Å². The van der Waals surface area contributed by atoms with Crippen LogP contribution in [0.15, 0.2) is 40.9 Å². The number of carbonyl (C=O) groups excluding carboxylic acids is 1. The minimum atomic E-state index is -0.463. The molecule has 0 saturated heterocycles. The molecule has 0 aliphatic heterocycles. The van der Waals surface area contributed by atoms with E-state index in [2.05, 4.69) is 21.2 Å². The smallest absolute Gasteiger partial charge is 0.259 e. The van der Waals surface area contributed by atoms with Crippen LogP contribution in [0.25, 0.3) is 0 Å². The van der Waals surface area contributed by atoms with Crippen LogP contribution in [0.5, 0.6) is 11.5 Å². The predicted octanol–water partition coefficient (Wildman–Crippen LogP) is 3.68. The van der Waals surface area contributed by atoms with Gasteiger partial charge in [0, 0.05) is 10.2 Å². The summed E-state index contributed by atoms with van der Waals surface area (Å²) >= 11 is 3.38. The van der Waals surface area contributed by atoms with E-state index in [-0.39, 0.29) is 17.1 Å². The molecule has 1 amide bonds. The lowest BCUT2D eigenvalue weighted by atomic mass is 10.1. The van der Waals surface area contributed by atoms with Crippen molar-refractivity contribution in [3.63, 3.8) is 0 Å². The van der Waals surface area contributed by atoms with Gasteiger partial charge in [0.25, 0.3) is 5.91 Å². The number of rotatable bonds is 3. The molecule has 104 valence electrons. The van der Waals surface area contributed by atoms with Crippen molar-refractivity contribution in [2.75, 3.05) is 5.32 Å². The van der Waals surface area contributed by atoms with Crippen LogP contribution in [0.2, 0.25) is 0 Å². The molecular formula is C15H14BrNO3. The number of aryl methyl sites for hydroxylation is 1. The van der Waals surface area contributed by atoms with Gasteiger partial charge in [-0.15, -0.1) is 0 Å². The molecule has 2 aromatic carbocycles. The minimum absolute atomic E-state index is 0.0370. The standard InChI is InChI=1S/C15H14BrNO3/c1-2-9-7-10(16)3-5-13(9)17-15(20)12-8-11(18)4-6-14(12)19/h3-8,18-19H,2H2,1H3,(H,17,20). The average Bonchev–Trinajstić information content (AvgIpc) is 2.43. The van der Waals surface area contributed by atoms with Crippen molar-refractivity contribution in [3.8, 4) is 11.5 Å². The van der Waals surface area contributed by atoms with E-state index in [9.17, 15) is 15.0 Å². The fourth-order valence-electron chi connectivity index (χ4n) is 1.87. The molecule has 2 rings (SSSR count). The number of hydrogen-bond donors (Lipinski definition) is 3. The van der Waals surface area contributed by atoms with Crippen LogP contribution in [0, 0.1) is 0 Å². The number of phenols is 2. The molecule has 0 unspecified atom stereocenters. The first-order valence-corrected chi connectivity index (χ1v) is 6.92. The molecular weight excluding hydrogens is 322 g/mol. The largest absolute Gasteiger partial charge is 0.508 e. The number of halogens is 1. The molecule has 0 spiro atoms. The molecule has 20 heavy (non-hydrogen) atoms. The van der Waals surface area contributed by atoms with E-state index < -0.39 is 5.91 Å². The van der Waals surface area contributed by atoms with Gasteiger partial charge >= 0.3 is 0 Å². The molecule has 4 nitrogen and oxygen atoms in total. The van der Waals surface area contributed by atoms with E-state index in [4.69, 9.17) is 0 Å². The monoisotopic (exact) mass is 335 g/mol. The normalized spacial score (nSPS) is 10.3. The van der Waals surface area contributed by atoms with Gasteiger partial charge in [-0.1, -0.05) is 22.9 Å². The number of hydrogen-bond acceptors (Lipinski definition) is 3. The Kier molecular flexibility index (Phi) is 4.29. The van der Waals surface area contributed by atoms with Gasteiger partial charge in [-0.25, -0.2) is 0 Å². The molecule has 0 aliphatic carbocycles. The quantitative estimate of drug-likeness (QED) is 0.749. The Morgan fingerprint density at radius 2 is 1.95 bits per heavy atom. The van der Waals surface area contributed by atoms with Gasteiger partial charge in [0.2, 0.25) is 0 Å². The third-order valence-electron chi connectivity index (χ3n) is 2.92. The third kappa shape index (κ3) is 3.11. The summed E-state index contributed by atoms with van der Waals surface area (Å²) in [6.07, 6.45) is 0.765. The van der Waals surface area contributed by atoms with Crippen molar-refractivity contribution in [1.29, 1.82) is 0 Å². The highest BCUT2D eigenvalue weighted by molar-refractivity contribution is 9.10.